The lowest BCUT2D eigenvalue weighted by Gasteiger charge is -2.18. The van der Waals surface area contributed by atoms with Gasteiger partial charge in [-0.3, -0.25) is 4.79 Å². The van der Waals surface area contributed by atoms with Gasteiger partial charge >= 0.3 is 0 Å². The van der Waals surface area contributed by atoms with E-state index in [0.717, 1.165) is 11.4 Å². The highest BCUT2D eigenvalue weighted by molar-refractivity contribution is 6.03. The highest BCUT2D eigenvalue weighted by Crippen LogP contribution is 2.22. The number of carbonyl (C=O) groups is 1. The summed E-state index contributed by atoms with van der Waals surface area (Å²) in [5, 5.41) is 7.42. The molecule has 3 aromatic rings. The van der Waals surface area contributed by atoms with Gasteiger partial charge in [-0.15, -0.1) is 5.10 Å². The molecule has 0 saturated heterocycles. The quantitative estimate of drug-likeness (QED) is 0.721. The third-order valence-electron chi connectivity index (χ3n) is 4.39. The van der Waals surface area contributed by atoms with E-state index in [0.29, 0.717) is 11.4 Å². The largest absolute Gasteiger partial charge is 0.305 e. The van der Waals surface area contributed by atoms with Crippen LogP contribution in [0.3, 0.4) is 0 Å². The van der Waals surface area contributed by atoms with Gasteiger partial charge in [-0.25, -0.2) is 4.68 Å². The van der Waals surface area contributed by atoms with Crippen molar-refractivity contribution in [2.45, 2.75) is 40.0 Å². The number of rotatable bonds is 3. The molecule has 0 aliphatic heterocycles. The Labute approximate surface area is 154 Å². The Hall–Kier alpha value is -2.88. The summed E-state index contributed by atoms with van der Waals surface area (Å²) < 4.78 is 1.84. The second-order valence-electron chi connectivity index (χ2n) is 7.70. The van der Waals surface area contributed by atoms with Crippen LogP contribution in [0, 0.1) is 13.8 Å². The summed E-state index contributed by atoms with van der Waals surface area (Å²) in [6.45, 7) is 10.5. The minimum absolute atomic E-state index is 0.0682. The molecule has 1 amide bonds. The van der Waals surface area contributed by atoms with Crippen molar-refractivity contribution >= 4 is 11.7 Å². The summed E-state index contributed by atoms with van der Waals surface area (Å²) in [5.74, 6) is 0.397. The standard InChI is InChI=1S/C22H25N3O/c1-15-7-6-8-19(13-15)25-16(2)14-20(24-25)23-21(26)17-9-11-18(12-10-17)22(3,4)5/h6-14H,1-5H3,(H,23,24,26). The maximum Gasteiger partial charge on any atom is 0.256 e. The first-order valence-electron chi connectivity index (χ1n) is 8.80. The van der Waals surface area contributed by atoms with Crippen LogP contribution in [-0.4, -0.2) is 15.7 Å². The summed E-state index contributed by atoms with van der Waals surface area (Å²) in [4.78, 5) is 12.5. The molecule has 0 saturated carbocycles. The lowest BCUT2D eigenvalue weighted by Crippen LogP contribution is -2.14. The molecule has 0 bridgehead atoms. The van der Waals surface area contributed by atoms with Gasteiger partial charge < -0.3 is 5.32 Å². The number of aromatic nitrogens is 2. The third kappa shape index (κ3) is 3.85. The number of aryl methyl sites for hydroxylation is 2. The fraction of sp³-hybridized carbons (Fsp3) is 0.273. The zero-order valence-corrected chi connectivity index (χ0v) is 16.0. The van der Waals surface area contributed by atoms with Crippen molar-refractivity contribution in [3.05, 3.63) is 77.0 Å². The molecule has 4 heteroatoms. The van der Waals surface area contributed by atoms with E-state index in [-0.39, 0.29) is 11.3 Å². The number of nitrogens with zero attached hydrogens (tertiary/aromatic N) is 2. The average molecular weight is 347 g/mol. The van der Waals surface area contributed by atoms with Gasteiger partial charge in [0.05, 0.1) is 5.69 Å². The minimum atomic E-state index is -0.153. The van der Waals surface area contributed by atoms with Gasteiger partial charge in [0, 0.05) is 17.3 Å². The molecule has 0 aliphatic rings. The molecule has 0 aliphatic carbocycles. The van der Waals surface area contributed by atoms with E-state index >= 15 is 0 Å². The lowest BCUT2D eigenvalue weighted by atomic mass is 9.87. The maximum atomic E-state index is 12.5. The molecule has 0 spiro atoms. The van der Waals surface area contributed by atoms with E-state index in [4.69, 9.17) is 0 Å². The van der Waals surface area contributed by atoms with Crippen LogP contribution in [-0.2, 0) is 5.41 Å². The van der Waals surface area contributed by atoms with E-state index in [1.54, 1.807) is 0 Å². The maximum absolute atomic E-state index is 12.5. The van der Waals surface area contributed by atoms with Crippen molar-refractivity contribution in [1.82, 2.24) is 9.78 Å². The number of carbonyl (C=O) groups excluding carboxylic acids is 1. The van der Waals surface area contributed by atoms with Crippen molar-refractivity contribution in [3.8, 4) is 5.69 Å². The Kier molecular flexibility index (Phi) is 4.68. The molecule has 4 nitrogen and oxygen atoms in total. The Morgan fingerprint density at radius 2 is 1.69 bits per heavy atom. The Morgan fingerprint density at radius 1 is 1.00 bits per heavy atom. The third-order valence-corrected chi connectivity index (χ3v) is 4.39. The normalized spacial score (nSPS) is 11.4. The van der Waals surface area contributed by atoms with Crippen molar-refractivity contribution in [2.75, 3.05) is 5.32 Å². The number of amides is 1. The van der Waals surface area contributed by atoms with E-state index in [1.807, 2.05) is 67.1 Å². The highest BCUT2D eigenvalue weighted by Gasteiger charge is 2.15. The second kappa shape index (κ2) is 6.79. The fourth-order valence-corrected chi connectivity index (χ4v) is 2.87. The Bertz CT molecular complexity index is 931. The zero-order chi connectivity index (χ0) is 18.9. The van der Waals surface area contributed by atoms with Gasteiger partial charge in [0.2, 0.25) is 0 Å². The first-order valence-corrected chi connectivity index (χ1v) is 8.80. The molecule has 1 heterocycles. The van der Waals surface area contributed by atoms with E-state index in [9.17, 15) is 4.79 Å². The minimum Gasteiger partial charge on any atom is -0.305 e. The first-order chi connectivity index (χ1) is 12.2. The summed E-state index contributed by atoms with van der Waals surface area (Å²) in [5.41, 5.74) is 5.02. The van der Waals surface area contributed by atoms with Crippen LogP contribution < -0.4 is 5.32 Å². The topological polar surface area (TPSA) is 46.9 Å². The van der Waals surface area contributed by atoms with Crippen LogP contribution in [0.1, 0.15) is 48.0 Å². The Morgan fingerprint density at radius 3 is 2.31 bits per heavy atom. The molecule has 2 aromatic carbocycles. The van der Waals surface area contributed by atoms with Crippen molar-refractivity contribution in [2.24, 2.45) is 0 Å². The van der Waals surface area contributed by atoms with Crippen molar-refractivity contribution < 1.29 is 4.79 Å². The van der Waals surface area contributed by atoms with E-state index < -0.39 is 0 Å². The van der Waals surface area contributed by atoms with Crippen molar-refractivity contribution in [3.63, 3.8) is 0 Å². The summed E-state index contributed by atoms with van der Waals surface area (Å²) in [6, 6.07) is 17.7. The van der Waals surface area contributed by atoms with E-state index in [1.165, 1.54) is 11.1 Å². The van der Waals surface area contributed by atoms with E-state index in [2.05, 4.69) is 37.3 Å². The SMILES string of the molecule is Cc1cccc(-n2nc(NC(=O)c3ccc(C(C)(C)C)cc3)cc2C)c1. The first kappa shape index (κ1) is 17.9. The van der Waals surface area contributed by atoms with Crippen LogP contribution >= 0.6 is 0 Å². The predicted molar refractivity (Wildman–Crippen MR) is 106 cm³/mol. The van der Waals surface area contributed by atoms with Crippen LogP contribution in [0.2, 0.25) is 0 Å². The molecule has 3 rings (SSSR count). The molecule has 1 aromatic heterocycles. The molecule has 26 heavy (non-hydrogen) atoms. The Balaban J connectivity index is 1.79. The van der Waals surface area contributed by atoms with Gasteiger partial charge in [0.1, 0.15) is 0 Å². The molecular weight excluding hydrogens is 322 g/mol. The zero-order valence-electron chi connectivity index (χ0n) is 16.0. The van der Waals surface area contributed by atoms with Crippen molar-refractivity contribution in [1.29, 1.82) is 0 Å². The molecule has 1 N–H and O–H groups in total. The number of nitrogens with one attached hydrogen (secondary N) is 1. The molecule has 0 fully saturated rings. The van der Waals surface area contributed by atoms with Gasteiger partial charge in [-0.2, -0.15) is 0 Å². The van der Waals surface area contributed by atoms with Gasteiger partial charge in [-0.05, 0) is 54.7 Å². The summed E-state index contributed by atoms with van der Waals surface area (Å²) >= 11 is 0. The van der Waals surface area contributed by atoms with Crippen LogP contribution in [0.4, 0.5) is 5.82 Å². The number of benzene rings is 2. The van der Waals surface area contributed by atoms with Crippen LogP contribution in [0.15, 0.2) is 54.6 Å². The monoisotopic (exact) mass is 347 g/mol. The van der Waals surface area contributed by atoms with Gasteiger partial charge in [0.25, 0.3) is 5.91 Å². The highest BCUT2D eigenvalue weighted by atomic mass is 16.1. The predicted octanol–water partition coefficient (Wildman–Crippen LogP) is 5.04. The van der Waals surface area contributed by atoms with Gasteiger partial charge in [-0.1, -0.05) is 45.0 Å². The molecule has 0 radical (unpaired) electrons. The van der Waals surface area contributed by atoms with Crippen LogP contribution in [0.5, 0.6) is 0 Å². The smallest absolute Gasteiger partial charge is 0.256 e. The summed E-state index contributed by atoms with van der Waals surface area (Å²) in [7, 11) is 0. The van der Waals surface area contributed by atoms with Crippen LogP contribution in [0.25, 0.3) is 5.69 Å². The number of anilines is 1. The second-order valence-corrected chi connectivity index (χ2v) is 7.70. The molecular formula is C22H25N3O. The molecule has 0 unspecified atom stereocenters. The number of hydrogen-bond acceptors (Lipinski definition) is 2. The summed E-state index contributed by atoms with van der Waals surface area (Å²) in [6.07, 6.45) is 0. The number of hydrogen-bond donors (Lipinski definition) is 1. The van der Waals surface area contributed by atoms with Gasteiger partial charge in [0.15, 0.2) is 5.82 Å². The molecule has 134 valence electrons. The lowest BCUT2D eigenvalue weighted by molar-refractivity contribution is 0.102. The average Bonchev–Trinajstić information content (AvgIpc) is 2.94. The fourth-order valence-electron chi connectivity index (χ4n) is 2.87. The molecule has 0 atom stereocenters.